The number of halogens is 1. The highest BCUT2D eigenvalue weighted by atomic mass is 19.1. The van der Waals surface area contributed by atoms with Crippen LogP contribution in [-0.4, -0.2) is 18.0 Å². The fraction of sp³-hybridized carbons (Fsp3) is 0.412. The highest BCUT2D eigenvalue weighted by Crippen LogP contribution is 2.21. The van der Waals surface area contributed by atoms with Crippen LogP contribution in [0.3, 0.4) is 0 Å². The summed E-state index contributed by atoms with van der Waals surface area (Å²) in [5, 5.41) is 3.46. The molecule has 112 valence electrons. The molecule has 3 rings (SSSR count). The average molecular weight is 288 g/mol. The monoisotopic (exact) mass is 288 g/mol. The molecule has 1 aliphatic rings. The van der Waals surface area contributed by atoms with Gasteiger partial charge in [-0.05, 0) is 32.0 Å². The molecule has 1 heterocycles. The Morgan fingerprint density at radius 3 is 2.71 bits per heavy atom. The summed E-state index contributed by atoms with van der Waals surface area (Å²) in [6.45, 7) is 2.13. The van der Waals surface area contributed by atoms with Gasteiger partial charge in [0.05, 0.1) is 12.8 Å². The topological polar surface area (TPSA) is 28.4 Å². The standard InChI is InChI=1S/C17H21FN2O/c1-20(11-13-4-2-3-5-16(13)18)12-14-8-9-21-17(14)10-19-15-6-7-15/h2-5,8-9,15,19H,6-7,10-12H2,1H3. The normalized spacial score (nSPS) is 14.8. The molecule has 0 radical (unpaired) electrons. The van der Waals surface area contributed by atoms with Gasteiger partial charge in [-0.2, -0.15) is 0 Å². The summed E-state index contributed by atoms with van der Waals surface area (Å²) in [6.07, 6.45) is 4.27. The molecule has 2 aromatic rings. The third kappa shape index (κ3) is 3.93. The van der Waals surface area contributed by atoms with Gasteiger partial charge >= 0.3 is 0 Å². The summed E-state index contributed by atoms with van der Waals surface area (Å²) in [4.78, 5) is 2.10. The Labute approximate surface area is 124 Å². The number of hydrogen-bond acceptors (Lipinski definition) is 3. The lowest BCUT2D eigenvalue weighted by Gasteiger charge is -2.17. The van der Waals surface area contributed by atoms with Crippen molar-refractivity contribution in [1.82, 2.24) is 10.2 Å². The molecule has 1 saturated carbocycles. The summed E-state index contributed by atoms with van der Waals surface area (Å²) in [6, 6.07) is 9.59. The Morgan fingerprint density at radius 2 is 1.95 bits per heavy atom. The highest BCUT2D eigenvalue weighted by molar-refractivity contribution is 5.19. The predicted octanol–water partition coefficient (Wildman–Crippen LogP) is 3.30. The van der Waals surface area contributed by atoms with Crippen LogP contribution in [0.5, 0.6) is 0 Å². The minimum absolute atomic E-state index is 0.146. The van der Waals surface area contributed by atoms with Gasteiger partial charge in [0.2, 0.25) is 0 Å². The van der Waals surface area contributed by atoms with Crippen molar-refractivity contribution in [2.24, 2.45) is 0 Å². The second-order valence-electron chi connectivity index (χ2n) is 5.79. The number of nitrogens with one attached hydrogen (secondary N) is 1. The molecule has 0 spiro atoms. The second kappa shape index (κ2) is 6.41. The molecule has 1 aliphatic carbocycles. The summed E-state index contributed by atoms with van der Waals surface area (Å²) >= 11 is 0. The average Bonchev–Trinajstić information content (AvgIpc) is 3.20. The summed E-state index contributed by atoms with van der Waals surface area (Å²) in [5.74, 6) is 0.842. The number of furan rings is 1. The number of rotatable bonds is 7. The third-order valence-electron chi connectivity index (χ3n) is 3.80. The van der Waals surface area contributed by atoms with Crippen molar-refractivity contribution < 1.29 is 8.81 Å². The maximum Gasteiger partial charge on any atom is 0.127 e. The van der Waals surface area contributed by atoms with Crippen molar-refractivity contribution in [3.8, 4) is 0 Å². The largest absolute Gasteiger partial charge is 0.468 e. The van der Waals surface area contributed by atoms with Gasteiger partial charge in [-0.15, -0.1) is 0 Å². The maximum atomic E-state index is 13.7. The molecule has 3 nitrogen and oxygen atoms in total. The van der Waals surface area contributed by atoms with Gasteiger partial charge < -0.3 is 9.73 Å². The molecule has 21 heavy (non-hydrogen) atoms. The van der Waals surface area contributed by atoms with Crippen LogP contribution in [0.1, 0.15) is 29.7 Å². The van der Waals surface area contributed by atoms with Gasteiger partial charge in [0.15, 0.2) is 0 Å². The first kappa shape index (κ1) is 14.3. The first-order valence-corrected chi connectivity index (χ1v) is 7.43. The molecule has 0 bridgehead atoms. The lowest BCUT2D eigenvalue weighted by Crippen LogP contribution is -2.20. The minimum atomic E-state index is -0.146. The smallest absolute Gasteiger partial charge is 0.127 e. The molecular formula is C17H21FN2O. The zero-order valence-corrected chi connectivity index (χ0v) is 12.3. The molecule has 0 atom stereocenters. The van der Waals surface area contributed by atoms with E-state index in [9.17, 15) is 4.39 Å². The van der Waals surface area contributed by atoms with Crippen molar-refractivity contribution in [2.45, 2.75) is 38.5 Å². The lowest BCUT2D eigenvalue weighted by atomic mass is 10.2. The Balaban J connectivity index is 1.58. The Kier molecular flexibility index (Phi) is 4.36. The molecule has 0 aliphatic heterocycles. The first-order chi connectivity index (χ1) is 10.2. The molecule has 1 fully saturated rings. The van der Waals surface area contributed by atoms with E-state index in [1.54, 1.807) is 12.3 Å². The minimum Gasteiger partial charge on any atom is -0.468 e. The quantitative estimate of drug-likeness (QED) is 0.847. The number of hydrogen-bond donors (Lipinski definition) is 1. The van der Waals surface area contributed by atoms with Crippen molar-refractivity contribution in [1.29, 1.82) is 0 Å². The van der Waals surface area contributed by atoms with Crippen molar-refractivity contribution in [3.05, 3.63) is 59.3 Å². The van der Waals surface area contributed by atoms with Crippen LogP contribution in [-0.2, 0) is 19.6 Å². The number of benzene rings is 1. The number of nitrogens with zero attached hydrogens (tertiary/aromatic N) is 1. The van der Waals surface area contributed by atoms with Crippen LogP contribution >= 0.6 is 0 Å². The van der Waals surface area contributed by atoms with E-state index in [1.165, 1.54) is 24.5 Å². The summed E-state index contributed by atoms with van der Waals surface area (Å²) in [7, 11) is 2.00. The van der Waals surface area contributed by atoms with Crippen LogP contribution in [0.15, 0.2) is 41.0 Å². The Morgan fingerprint density at radius 1 is 1.19 bits per heavy atom. The zero-order chi connectivity index (χ0) is 14.7. The van der Waals surface area contributed by atoms with E-state index in [-0.39, 0.29) is 5.82 Å². The van der Waals surface area contributed by atoms with Gasteiger partial charge in [0.1, 0.15) is 11.6 Å². The molecule has 0 saturated heterocycles. The van der Waals surface area contributed by atoms with E-state index < -0.39 is 0 Å². The predicted molar refractivity (Wildman–Crippen MR) is 80.1 cm³/mol. The van der Waals surface area contributed by atoms with Crippen LogP contribution in [0.2, 0.25) is 0 Å². The molecule has 1 N–H and O–H groups in total. The molecule has 4 heteroatoms. The van der Waals surface area contributed by atoms with E-state index >= 15 is 0 Å². The second-order valence-corrected chi connectivity index (χ2v) is 5.79. The third-order valence-corrected chi connectivity index (χ3v) is 3.80. The van der Waals surface area contributed by atoms with Crippen molar-refractivity contribution >= 4 is 0 Å². The summed E-state index contributed by atoms with van der Waals surface area (Å²) < 4.78 is 19.2. The van der Waals surface area contributed by atoms with Gasteiger partial charge in [0.25, 0.3) is 0 Å². The molecule has 1 aromatic heterocycles. The van der Waals surface area contributed by atoms with E-state index in [0.717, 1.165) is 24.4 Å². The molecule has 1 aromatic carbocycles. The van der Waals surface area contributed by atoms with Crippen LogP contribution < -0.4 is 5.32 Å². The van der Waals surface area contributed by atoms with Crippen LogP contribution in [0.4, 0.5) is 4.39 Å². The van der Waals surface area contributed by atoms with Gasteiger partial charge in [-0.1, -0.05) is 18.2 Å². The first-order valence-electron chi connectivity index (χ1n) is 7.43. The van der Waals surface area contributed by atoms with E-state index in [2.05, 4.69) is 10.2 Å². The van der Waals surface area contributed by atoms with Crippen molar-refractivity contribution in [2.75, 3.05) is 7.05 Å². The fourth-order valence-electron chi connectivity index (χ4n) is 2.45. The Hall–Kier alpha value is -1.65. The van der Waals surface area contributed by atoms with Gasteiger partial charge in [-0.3, -0.25) is 4.90 Å². The SMILES string of the molecule is CN(Cc1ccccc1F)Cc1ccoc1CNC1CC1. The summed E-state index contributed by atoms with van der Waals surface area (Å²) in [5.41, 5.74) is 1.89. The van der Waals surface area contributed by atoms with Crippen molar-refractivity contribution in [3.63, 3.8) is 0 Å². The van der Waals surface area contributed by atoms with E-state index in [0.29, 0.717) is 12.6 Å². The Bertz CT molecular complexity index is 592. The highest BCUT2D eigenvalue weighted by Gasteiger charge is 2.21. The maximum absolute atomic E-state index is 13.7. The molecular weight excluding hydrogens is 267 g/mol. The molecule has 0 amide bonds. The van der Waals surface area contributed by atoms with E-state index in [4.69, 9.17) is 4.42 Å². The van der Waals surface area contributed by atoms with Gasteiger partial charge in [-0.25, -0.2) is 4.39 Å². The van der Waals surface area contributed by atoms with Crippen LogP contribution in [0.25, 0.3) is 0 Å². The lowest BCUT2D eigenvalue weighted by molar-refractivity contribution is 0.309. The van der Waals surface area contributed by atoms with E-state index in [1.807, 2.05) is 25.2 Å². The van der Waals surface area contributed by atoms with Gasteiger partial charge in [0, 0.05) is 30.3 Å². The fourth-order valence-corrected chi connectivity index (χ4v) is 2.45. The molecule has 0 unspecified atom stereocenters. The zero-order valence-electron chi connectivity index (χ0n) is 12.3. The van der Waals surface area contributed by atoms with Crippen LogP contribution in [0, 0.1) is 5.82 Å².